The summed E-state index contributed by atoms with van der Waals surface area (Å²) >= 11 is 8.14. The molecule has 0 aromatic heterocycles. The lowest BCUT2D eigenvalue weighted by molar-refractivity contribution is 0.203. The smallest absolute Gasteiger partial charge is 0.161 e. The van der Waals surface area contributed by atoms with Crippen molar-refractivity contribution in [1.29, 1.82) is 0 Å². The highest BCUT2D eigenvalue weighted by atomic mass is 35.5. The van der Waals surface area contributed by atoms with Crippen molar-refractivity contribution in [3.05, 3.63) is 87.9 Å². The summed E-state index contributed by atoms with van der Waals surface area (Å²) in [5.74, 6) is 1.54. The predicted octanol–water partition coefficient (Wildman–Crippen LogP) is 6.23. The van der Waals surface area contributed by atoms with E-state index in [1.165, 1.54) is 27.1 Å². The molecule has 4 rings (SSSR count). The SMILES string of the molecule is COc1cc2c(cc1OC)[C@H](c1cccc(Cl)c1)N(Cc1ccc(SC)cc1)CC2. The molecular weight excluding hydrogens is 414 g/mol. The number of methoxy groups -OCH3 is 2. The van der Waals surface area contributed by atoms with E-state index < -0.39 is 0 Å². The Bertz CT molecular complexity index is 1020. The van der Waals surface area contributed by atoms with Crippen LogP contribution >= 0.6 is 23.4 Å². The molecule has 0 bridgehead atoms. The fraction of sp³-hybridized carbons (Fsp3) is 0.280. The maximum absolute atomic E-state index is 6.37. The van der Waals surface area contributed by atoms with Gasteiger partial charge in [0.15, 0.2) is 11.5 Å². The second-order valence-electron chi connectivity index (χ2n) is 7.43. The summed E-state index contributed by atoms with van der Waals surface area (Å²) in [5.41, 5.74) is 5.05. The van der Waals surface area contributed by atoms with E-state index in [1.54, 1.807) is 26.0 Å². The Morgan fingerprint density at radius 2 is 1.73 bits per heavy atom. The molecule has 156 valence electrons. The first kappa shape index (κ1) is 21.1. The topological polar surface area (TPSA) is 21.7 Å². The second kappa shape index (κ2) is 9.34. The number of halogens is 1. The minimum Gasteiger partial charge on any atom is -0.493 e. The number of hydrogen-bond acceptors (Lipinski definition) is 4. The quantitative estimate of drug-likeness (QED) is 0.424. The first-order valence-electron chi connectivity index (χ1n) is 10.00. The lowest BCUT2D eigenvalue weighted by atomic mass is 9.87. The van der Waals surface area contributed by atoms with Crippen molar-refractivity contribution in [2.24, 2.45) is 0 Å². The third-order valence-corrected chi connectivity index (χ3v) is 6.66. The summed E-state index contributed by atoms with van der Waals surface area (Å²) in [6.45, 7) is 1.84. The summed E-state index contributed by atoms with van der Waals surface area (Å²) in [5, 5.41) is 0.754. The van der Waals surface area contributed by atoms with E-state index in [4.69, 9.17) is 21.1 Å². The van der Waals surface area contributed by atoms with Crippen molar-refractivity contribution >= 4 is 23.4 Å². The number of nitrogens with zero attached hydrogens (tertiary/aromatic N) is 1. The Labute approximate surface area is 188 Å². The Morgan fingerprint density at radius 3 is 2.40 bits per heavy atom. The number of fused-ring (bicyclic) bond motifs is 1. The standard InChI is InChI=1S/C25H26ClNO2S/c1-28-23-14-18-11-12-27(16-17-7-9-21(30-3)10-8-17)25(22(18)15-24(23)29-2)19-5-4-6-20(26)13-19/h4-10,13-15,25H,11-12,16H2,1-3H3/t25-/m0/s1. The van der Waals surface area contributed by atoms with E-state index in [-0.39, 0.29) is 6.04 Å². The third kappa shape index (κ3) is 4.31. The molecule has 0 N–H and O–H groups in total. The highest BCUT2D eigenvalue weighted by Crippen LogP contribution is 2.42. The van der Waals surface area contributed by atoms with Crippen molar-refractivity contribution in [3.8, 4) is 11.5 Å². The fourth-order valence-electron chi connectivity index (χ4n) is 4.20. The molecule has 1 aliphatic heterocycles. The lowest BCUT2D eigenvalue weighted by Crippen LogP contribution is -2.35. The van der Waals surface area contributed by atoms with Crippen LogP contribution in [0.4, 0.5) is 0 Å². The minimum atomic E-state index is 0.104. The van der Waals surface area contributed by atoms with Crippen LogP contribution < -0.4 is 9.47 Å². The molecule has 5 heteroatoms. The molecule has 0 radical (unpaired) electrons. The molecule has 0 amide bonds. The number of ether oxygens (including phenoxy) is 2. The molecule has 3 aromatic rings. The summed E-state index contributed by atoms with van der Waals surface area (Å²) in [6.07, 6.45) is 3.07. The van der Waals surface area contributed by atoms with E-state index >= 15 is 0 Å². The molecule has 0 saturated heterocycles. The second-order valence-corrected chi connectivity index (χ2v) is 8.75. The zero-order valence-electron chi connectivity index (χ0n) is 17.5. The summed E-state index contributed by atoms with van der Waals surface area (Å²) in [7, 11) is 3.37. The Balaban J connectivity index is 1.76. The van der Waals surface area contributed by atoms with Crippen molar-refractivity contribution < 1.29 is 9.47 Å². The van der Waals surface area contributed by atoms with E-state index in [2.05, 4.69) is 59.7 Å². The van der Waals surface area contributed by atoms with Gasteiger partial charge in [0.05, 0.1) is 20.3 Å². The molecule has 3 aromatic carbocycles. The average molecular weight is 440 g/mol. The Kier molecular flexibility index (Phi) is 6.57. The molecule has 3 nitrogen and oxygen atoms in total. The highest BCUT2D eigenvalue weighted by molar-refractivity contribution is 7.98. The maximum atomic E-state index is 6.37. The molecule has 1 aliphatic rings. The third-order valence-electron chi connectivity index (χ3n) is 5.68. The molecule has 1 atom stereocenters. The van der Waals surface area contributed by atoms with E-state index in [0.717, 1.165) is 36.0 Å². The van der Waals surface area contributed by atoms with Gasteiger partial charge in [0.2, 0.25) is 0 Å². The van der Waals surface area contributed by atoms with Gasteiger partial charge in [-0.3, -0.25) is 4.90 Å². The van der Waals surface area contributed by atoms with Crippen LogP contribution in [0.2, 0.25) is 5.02 Å². The largest absolute Gasteiger partial charge is 0.493 e. The van der Waals surface area contributed by atoms with E-state index in [0.29, 0.717) is 0 Å². The minimum absolute atomic E-state index is 0.104. The zero-order valence-corrected chi connectivity index (χ0v) is 19.1. The van der Waals surface area contributed by atoms with Crippen LogP contribution in [0.15, 0.2) is 65.6 Å². The fourth-order valence-corrected chi connectivity index (χ4v) is 4.81. The van der Waals surface area contributed by atoms with Crippen molar-refractivity contribution in [3.63, 3.8) is 0 Å². The first-order chi connectivity index (χ1) is 14.6. The number of hydrogen-bond donors (Lipinski definition) is 0. The summed E-state index contributed by atoms with van der Waals surface area (Å²) in [4.78, 5) is 3.81. The first-order valence-corrected chi connectivity index (χ1v) is 11.6. The predicted molar refractivity (Wildman–Crippen MR) is 125 cm³/mol. The van der Waals surface area contributed by atoms with Gasteiger partial charge in [-0.15, -0.1) is 11.8 Å². The van der Waals surface area contributed by atoms with Crippen LogP contribution in [-0.4, -0.2) is 31.9 Å². The van der Waals surface area contributed by atoms with Crippen LogP contribution in [-0.2, 0) is 13.0 Å². The van der Waals surface area contributed by atoms with Crippen LogP contribution in [0.25, 0.3) is 0 Å². The van der Waals surface area contributed by atoms with E-state index in [1.807, 2.05) is 12.1 Å². The molecule has 30 heavy (non-hydrogen) atoms. The van der Waals surface area contributed by atoms with Gasteiger partial charge in [0.1, 0.15) is 0 Å². The van der Waals surface area contributed by atoms with Crippen LogP contribution in [0, 0.1) is 0 Å². The lowest BCUT2D eigenvalue weighted by Gasteiger charge is -2.38. The van der Waals surface area contributed by atoms with Gasteiger partial charge < -0.3 is 9.47 Å². The van der Waals surface area contributed by atoms with Gasteiger partial charge in [-0.2, -0.15) is 0 Å². The van der Waals surface area contributed by atoms with Crippen LogP contribution in [0.1, 0.15) is 28.3 Å². The van der Waals surface area contributed by atoms with Gasteiger partial charge >= 0.3 is 0 Å². The Morgan fingerprint density at radius 1 is 1.00 bits per heavy atom. The van der Waals surface area contributed by atoms with Crippen molar-refractivity contribution in [2.75, 3.05) is 27.0 Å². The molecular formula is C25H26ClNO2S. The van der Waals surface area contributed by atoms with Gasteiger partial charge in [-0.1, -0.05) is 35.9 Å². The number of benzene rings is 3. The highest BCUT2D eigenvalue weighted by Gasteiger charge is 2.30. The zero-order chi connectivity index (χ0) is 21.1. The molecule has 1 heterocycles. The maximum Gasteiger partial charge on any atom is 0.161 e. The summed E-state index contributed by atoms with van der Waals surface area (Å²) < 4.78 is 11.2. The number of rotatable bonds is 6. The van der Waals surface area contributed by atoms with Gasteiger partial charge in [-0.25, -0.2) is 0 Å². The normalized spacial score (nSPS) is 16.2. The molecule has 0 aliphatic carbocycles. The van der Waals surface area contributed by atoms with Gasteiger partial charge in [0, 0.05) is 23.0 Å². The molecule has 0 unspecified atom stereocenters. The van der Waals surface area contributed by atoms with E-state index in [9.17, 15) is 0 Å². The van der Waals surface area contributed by atoms with Crippen LogP contribution in [0.3, 0.4) is 0 Å². The number of thioether (sulfide) groups is 1. The van der Waals surface area contributed by atoms with Gasteiger partial charge in [-0.05, 0) is 71.3 Å². The molecule has 0 spiro atoms. The van der Waals surface area contributed by atoms with Gasteiger partial charge in [0.25, 0.3) is 0 Å². The van der Waals surface area contributed by atoms with Crippen molar-refractivity contribution in [1.82, 2.24) is 4.90 Å². The molecule has 0 saturated carbocycles. The average Bonchev–Trinajstić information content (AvgIpc) is 2.78. The van der Waals surface area contributed by atoms with Crippen LogP contribution in [0.5, 0.6) is 11.5 Å². The summed E-state index contributed by atoms with van der Waals surface area (Å²) in [6, 6.07) is 21.4. The Hall–Kier alpha value is -2.14. The molecule has 0 fully saturated rings. The van der Waals surface area contributed by atoms with Crippen molar-refractivity contribution in [2.45, 2.75) is 23.9 Å². The monoisotopic (exact) mass is 439 g/mol.